The molecular formula is C13H15NO3S. The zero-order chi connectivity index (χ0) is 13.1. The molecule has 0 aliphatic rings. The Balaban J connectivity index is 2.02. The molecule has 0 aliphatic carbocycles. The van der Waals surface area contributed by atoms with Crippen molar-refractivity contribution < 1.29 is 14.3 Å². The maximum Gasteiger partial charge on any atom is 0.371 e. The van der Waals surface area contributed by atoms with Crippen LogP contribution in [-0.2, 0) is 0 Å². The Hall–Kier alpha value is -1.59. The van der Waals surface area contributed by atoms with Crippen LogP contribution in [-0.4, -0.2) is 11.1 Å². The van der Waals surface area contributed by atoms with Gasteiger partial charge in [0.1, 0.15) is 5.76 Å². The topological polar surface area (TPSA) is 62.5 Å². The molecule has 0 bridgehead atoms. The molecule has 0 amide bonds. The number of aromatic carboxylic acids is 1. The van der Waals surface area contributed by atoms with Gasteiger partial charge in [0, 0.05) is 10.9 Å². The van der Waals surface area contributed by atoms with Gasteiger partial charge in [0.15, 0.2) is 0 Å². The van der Waals surface area contributed by atoms with Crippen molar-refractivity contribution >= 4 is 17.3 Å². The van der Waals surface area contributed by atoms with Crippen molar-refractivity contribution in [1.29, 1.82) is 0 Å². The van der Waals surface area contributed by atoms with Crippen LogP contribution in [0, 0.1) is 0 Å². The van der Waals surface area contributed by atoms with Crippen LogP contribution in [0.1, 0.15) is 47.1 Å². The summed E-state index contributed by atoms with van der Waals surface area (Å²) in [5.74, 6) is -0.432. The second kappa shape index (κ2) is 5.37. The Kier molecular flexibility index (Phi) is 3.84. The molecule has 18 heavy (non-hydrogen) atoms. The van der Waals surface area contributed by atoms with Gasteiger partial charge in [-0.05, 0) is 37.4 Å². The van der Waals surface area contributed by atoms with Crippen molar-refractivity contribution in [2.75, 3.05) is 0 Å². The minimum absolute atomic E-state index is 0.0255. The number of rotatable bonds is 5. The van der Waals surface area contributed by atoms with E-state index >= 15 is 0 Å². The number of nitrogens with one attached hydrogen (secondary N) is 1. The SMILES string of the molecule is CC(NC(C)c1cccs1)c1ccc(C(=O)O)o1. The normalized spacial score (nSPS) is 14.3. The Bertz CT molecular complexity index is 518. The lowest BCUT2D eigenvalue weighted by Gasteiger charge is -2.17. The average molecular weight is 265 g/mol. The van der Waals surface area contributed by atoms with Gasteiger partial charge >= 0.3 is 5.97 Å². The number of carboxylic acid groups (broad SMARTS) is 1. The van der Waals surface area contributed by atoms with E-state index in [4.69, 9.17) is 9.52 Å². The summed E-state index contributed by atoms with van der Waals surface area (Å²) < 4.78 is 5.27. The number of carboxylic acids is 1. The zero-order valence-corrected chi connectivity index (χ0v) is 11.0. The fraction of sp³-hybridized carbons (Fsp3) is 0.308. The molecule has 0 saturated carbocycles. The first-order valence-electron chi connectivity index (χ1n) is 5.70. The Morgan fingerprint density at radius 3 is 2.67 bits per heavy atom. The predicted octanol–water partition coefficient (Wildman–Crippen LogP) is 3.45. The molecule has 2 atom stereocenters. The van der Waals surface area contributed by atoms with Crippen LogP contribution in [0.15, 0.2) is 34.1 Å². The van der Waals surface area contributed by atoms with E-state index < -0.39 is 5.97 Å². The first-order chi connectivity index (χ1) is 8.58. The minimum atomic E-state index is -1.04. The summed E-state index contributed by atoms with van der Waals surface area (Å²) in [6.07, 6.45) is 0. The number of hydrogen-bond donors (Lipinski definition) is 2. The summed E-state index contributed by atoms with van der Waals surface area (Å²) in [7, 11) is 0. The molecule has 0 saturated heterocycles. The summed E-state index contributed by atoms with van der Waals surface area (Å²) in [6, 6.07) is 7.43. The van der Waals surface area contributed by atoms with E-state index in [-0.39, 0.29) is 17.8 Å². The fourth-order valence-electron chi connectivity index (χ4n) is 1.78. The van der Waals surface area contributed by atoms with E-state index in [2.05, 4.69) is 18.3 Å². The van der Waals surface area contributed by atoms with Crippen molar-refractivity contribution in [3.05, 3.63) is 46.0 Å². The minimum Gasteiger partial charge on any atom is -0.475 e. The number of thiophene rings is 1. The maximum atomic E-state index is 10.7. The second-order valence-corrected chi connectivity index (χ2v) is 5.11. The highest BCUT2D eigenvalue weighted by Crippen LogP contribution is 2.23. The van der Waals surface area contributed by atoms with Crippen molar-refractivity contribution in [2.24, 2.45) is 0 Å². The lowest BCUT2D eigenvalue weighted by molar-refractivity contribution is 0.0659. The Morgan fingerprint density at radius 2 is 2.11 bits per heavy atom. The molecule has 5 heteroatoms. The summed E-state index contributed by atoms with van der Waals surface area (Å²) >= 11 is 1.69. The van der Waals surface area contributed by atoms with E-state index in [9.17, 15) is 4.79 Å². The molecule has 96 valence electrons. The Morgan fingerprint density at radius 1 is 1.33 bits per heavy atom. The highest BCUT2D eigenvalue weighted by Gasteiger charge is 2.16. The third-order valence-corrected chi connectivity index (χ3v) is 3.79. The van der Waals surface area contributed by atoms with Crippen LogP contribution < -0.4 is 5.32 Å². The van der Waals surface area contributed by atoms with Gasteiger partial charge in [-0.3, -0.25) is 0 Å². The van der Waals surface area contributed by atoms with E-state index in [1.165, 1.54) is 10.9 Å². The van der Waals surface area contributed by atoms with Crippen LogP contribution in [0.2, 0.25) is 0 Å². The molecule has 2 heterocycles. The summed E-state index contributed by atoms with van der Waals surface area (Å²) in [4.78, 5) is 12.0. The van der Waals surface area contributed by atoms with Gasteiger partial charge in [-0.2, -0.15) is 0 Å². The number of furan rings is 1. The van der Waals surface area contributed by atoms with Gasteiger partial charge < -0.3 is 14.8 Å². The third-order valence-electron chi connectivity index (χ3n) is 2.73. The smallest absolute Gasteiger partial charge is 0.371 e. The molecule has 2 aromatic rings. The summed E-state index contributed by atoms with van der Waals surface area (Å²) in [5.41, 5.74) is 0. The molecule has 2 rings (SSSR count). The molecule has 0 fully saturated rings. The van der Waals surface area contributed by atoms with Crippen molar-refractivity contribution in [1.82, 2.24) is 5.32 Å². The van der Waals surface area contributed by atoms with Crippen LogP contribution in [0.4, 0.5) is 0 Å². The highest BCUT2D eigenvalue weighted by molar-refractivity contribution is 7.10. The van der Waals surface area contributed by atoms with Crippen molar-refractivity contribution in [2.45, 2.75) is 25.9 Å². The predicted molar refractivity (Wildman–Crippen MR) is 70.0 cm³/mol. The molecule has 0 spiro atoms. The van der Waals surface area contributed by atoms with Gasteiger partial charge in [0.05, 0.1) is 6.04 Å². The highest BCUT2D eigenvalue weighted by atomic mass is 32.1. The van der Waals surface area contributed by atoms with Crippen LogP contribution >= 0.6 is 11.3 Å². The molecule has 4 nitrogen and oxygen atoms in total. The first kappa shape index (κ1) is 12.9. The molecule has 2 N–H and O–H groups in total. The molecule has 2 aromatic heterocycles. The quantitative estimate of drug-likeness (QED) is 0.869. The van der Waals surface area contributed by atoms with E-state index in [1.807, 2.05) is 18.4 Å². The Labute approximate surface area is 109 Å². The molecule has 0 radical (unpaired) electrons. The zero-order valence-electron chi connectivity index (χ0n) is 10.2. The summed E-state index contributed by atoms with van der Waals surface area (Å²) in [5, 5.41) is 14.2. The van der Waals surface area contributed by atoms with Gasteiger partial charge in [-0.15, -0.1) is 11.3 Å². The second-order valence-electron chi connectivity index (χ2n) is 4.13. The van der Waals surface area contributed by atoms with Gasteiger partial charge in [0.25, 0.3) is 0 Å². The van der Waals surface area contributed by atoms with Crippen LogP contribution in [0.25, 0.3) is 0 Å². The first-order valence-corrected chi connectivity index (χ1v) is 6.58. The summed E-state index contributed by atoms with van der Waals surface area (Å²) in [6.45, 7) is 4.03. The van der Waals surface area contributed by atoms with Gasteiger partial charge in [-0.1, -0.05) is 6.07 Å². The molecule has 2 unspecified atom stereocenters. The standard InChI is InChI=1S/C13H15NO3S/c1-8(10-5-6-11(17-10)13(15)16)14-9(2)12-4-3-7-18-12/h3-9,14H,1-2H3,(H,15,16). The van der Waals surface area contributed by atoms with Crippen LogP contribution in [0.3, 0.4) is 0 Å². The van der Waals surface area contributed by atoms with Crippen molar-refractivity contribution in [3.63, 3.8) is 0 Å². The van der Waals surface area contributed by atoms with E-state index in [0.717, 1.165) is 0 Å². The van der Waals surface area contributed by atoms with E-state index in [1.54, 1.807) is 17.4 Å². The molecular weight excluding hydrogens is 250 g/mol. The monoisotopic (exact) mass is 265 g/mol. The lowest BCUT2D eigenvalue weighted by atomic mass is 10.2. The number of carbonyl (C=O) groups is 1. The fourth-order valence-corrected chi connectivity index (χ4v) is 2.52. The molecule has 0 aliphatic heterocycles. The van der Waals surface area contributed by atoms with E-state index in [0.29, 0.717) is 5.76 Å². The lowest BCUT2D eigenvalue weighted by Crippen LogP contribution is -2.21. The largest absolute Gasteiger partial charge is 0.475 e. The van der Waals surface area contributed by atoms with Crippen LogP contribution in [0.5, 0.6) is 0 Å². The van der Waals surface area contributed by atoms with Gasteiger partial charge in [-0.25, -0.2) is 4.79 Å². The number of hydrogen-bond acceptors (Lipinski definition) is 4. The van der Waals surface area contributed by atoms with Gasteiger partial charge in [0.2, 0.25) is 5.76 Å². The molecule has 0 aromatic carbocycles. The van der Waals surface area contributed by atoms with Crippen molar-refractivity contribution in [3.8, 4) is 0 Å². The average Bonchev–Trinajstić information content (AvgIpc) is 3.00. The third kappa shape index (κ3) is 2.80. The maximum absolute atomic E-state index is 10.7.